The Morgan fingerprint density at radius 1 is 1.21 bits per heavy atom. The molecule has 0 spiro atoms. The quantitative estimate of drug-likeness (QED) is 0.893. The maximum absolute atomic E-state index is 13.0. The number of hydrogen-bond donors (Lipinski definition) is 1. The van der Waals surface area contributed by atoms with Gasteiger partial charge in [-0.15, -0.1) is 11.3 Å². The van der Waals surface area contributed by atoms with Crippen LogP contribution < -0.4 is 4.72 Å². The van der Waals surface area contributed by atoms with Crippen LogP contribution in [0.15, 0.2) is 32.9 Å². The van der Waals surface area contributed by atoms with Gasteiger partial charge in [0.25, 0.3) is 10.0 Å². The lowest BCUT2D eigenvalue weighted by Crippen LogP contribution is -2.13. The molecule has 8 heteroatoms. The first-order valence-corrected chi connectivity index (χ1v) is 8.12. The van der Waals surface area contributed by atoms with E-state index in [1.165, 1.54) is 17.4 Å². The third kappa shape index (κ3) is 3.13. The van der Waals surface area contributed by atoms with Gasteiger partial charge < -0.3 is 0 Å². The van der Waals surface area contributed by atoms with Crippen molar-refractivity contribution in [1.82, 2.24) is 0 Å². The van der Waals surface area contributed by atoms with Crippen LogP contribution in [0, 0.1) is 18.6 Å². The molecule has 1 heterocycles. The molecule has 102 valence electrons. The molecule has 0 amide bonds. The van der Waals surface area contributed by atoms with Crippen molar-refractivity contribution in [3.63, 3.8) is 0 Å². The first-order chi connectivity index (χ1) is 8.79. The van der Waals surface area contributed by atoms with Crippen LogP contribution in [0.1, 0.15) is 4.88 Å². The Labute approximate surface area is 121 Å². The topological polar surface area (TPSA) is 46.2 Å². The number of aryl methyl sites for hydroxylation is 1. The zero-order valence-corrected chi connectivity index (χ0v) is 12.8. The molecule has 0 aliphatic heterocycles. The minimum Gasteiger partial charge on any atom is -0.279 e. The lowest BCUT2D eigenvalue weighted by Gasteiger charge is -2.07. The molecule has 0 aliphatic carbocycles. The molecule has 1 N–H and O–H groups in total. The molecule has 0 radical (unpaired) electrons. The minimum absolute atomic E-state index is 0.0272. The van der Waals surface area contributed by atoms with Gasteiger partial charge in [-0.05, 0) is 41.1 Å². The summed E-state index contributed by atoms with van der Waals surface area (Å²) in [5.41, 5.74) is -0.0272. The lowest BCUT2D eigenvalue weighted by molar-refractivity contribution is 0.509. The van der Waals surface area contributed by atoms with E-state index < -0.39 is 21.7 Å². The number of anilines is 1. The van der Waals surface area contributed by atoms with Gasteiger partial charge in [-0.3, -0.25) is 4.72 Å². The molecular formula is C11H8BrF2NO2S2. The van der Waals surface area contributed by atoms with Crippen molar-refractivity contribution in [2.75, 3.05) is 4.72 Å². The standard InChI is InChI=1S/C11H8BrF2NO2S2/c1-6-10(5-11(12)18-6)19(16,17)15-7-2-3-8(13)9(14)4-7/h2-5,15H,1H3. The number of hydrogen-bond acceptors (Lipinski definition) is 3. The molecule has 0 fully saturated rings. The first kappa shape index (κ1) is 14.4. The zero-order valence-electron chi connectivity index (χ0n) is 9.58. The summed E-state index contributed by atoms with van der Waals surface area (Å²) >= 11 is 4.47. The van der Waals surface area contributed by atoms with E-state index in [1.54, 1.807) is 6.92 Å². The van der Waals surface area contributed by atoms with Gasteiger partial charge in [-0.25, -0.2) is 17.2 Å². The predicted octanol–water partition coefficient (Wildman–Crippen LogP) is 3.90. The fourth-order valence-corrected chi connectivity index (χ4v) is 4.93. The summed E-state index contributed by atoms with van der Waals surface area (Å²) in [6, 6.07) is 4.28. The van der Waals surface area contributed by atoms with Gasteiger partial charge >= 0.3 is 0 Å². The molecule has 19 heavy (non-hydrogen) atoms. The van der Waals surface area contributed by atoms with Crippen molar-refractivity contribution < 1.29 is 17.2 Å². The number of thiophene rings is 1. The van der Waals surface area contributed by atoms with Crippen LogP contribution in [0.4, 0.5) is 14.5 Å². The van der Waals surface area contributed by atoms with Gasteiger partial charge in [0.2, 0.25) is 0 Å². The van der Waals surface area contributed by atoms with E-state index in [0.717, 1.165) is 18.2 Å². The van der Waals surface area contributed by atoms with Crippen molar-refractivity contribution in [3.8, 4) is 0 Å². The molecule has 0 atom stereocenters. The van der Waals surface area contributed by atoms with Crippen molar-refractivity contribution in [2.45, 2.75) is 11.8 Å². The Hall–Kier alpha value is -0.990. The van der Waals surface area contributed by atoms with Gasteiger partial charge in [0.15, 0.2) is 11.6 Å². The summed E-state index contributed by atoms with van der Waals surface area (Å²) in [5.74, 6) is -2.14. The van der Waals surface area contributed by atoms with Gasteiger partial charge in [-0.2, -0.15) is 0 Å². The Balaban J connectivity index is 2.36. The molecule has 0 aliphatic rings. The fourth-order valence-electron chi connectivity index (χ4n) is 1.47. The van der Waals surface area contributed by atoms with Crippen molar-refractivity contribution in [3.05, 3.63) is 44.6 Å². The zero-order chi connectivity index (χ0) is 14.2. The first-order valence-electron chi connectivity index (χ1n) is 5.03. The SMILES string of the molecule is Cc1sc(Br)cc1S(=O)(=O)Nc1ccc(F)c(F)c1. The average molecular weight is 368 g/mol. The highest BCUT2D eigenvalue weighted by molar-refractivity contribution is 9.11. The van der Waals surface area contributed by atoms with Crippen molar-refractivity contribution >= 4 is 43.0 Å². The summed E-state index contributed by atoms with van der Waals surface area (Å²) in [6.07, 6.45) is 0. The molecular weight excluding hydrogens is 360 g/mol. The summed E-state index contributed by atoms with van der Waals surface area (Å²) in [6.45, 7) is 1.66. The van der Waals surface area contributed by atoms with E-state index in [4.69, 9.17) is 0 Å². The number of benzene rings is 1. The van der Waals surface area contributed by atoms with Gasteiger partial charge in [0.1, 0.15) is 4.90 Å². The van der Waals surface area contributed by atoms with Crippen LogP contribution in [0.5, 0.6) is 0 Å². The second kappa shape index (κ2) is 5.18. The van der Waals surface area contributed by atoms with Crippen molar-refractivity contribution in [1.29, 1.82) is 0 Å². The predicted molar refractivity (Wildman–Crippen MR) is 73.9 cm³/mol. The molecule has 2 aromatic rings. The summed E-state index contributed by atoms with van der Waals surface area (Å²) in [5, 5.41) is 0. The van der Waals surface area contributed by atoms with Crippen LogP contribution in [0.2, 0.25) is 0 Å². The molecule has 1 aromatic carbocycles. The number of halogens is 3. The second-order valence-electron chi connectivity index (χ2n) is 3.71. The monoisotopic (exact) mass is 367 g/mol. The lowest BCUT2D eigenvalue weighted by atomic mass is 10.3. The molecule has 0 unspecified atom stereocenters. The number of rotatable bonds is 3. The highest BCUT2D eigenvalue weighted by Crippen LogP contribution is 2.30. The Morgan fingerprint density at radius 2 is 1.89 bits per heavy atom. The van der Waals surface area contributed by atoms with Gasteiger partial charge in [-0.1, -0.05) is 0 Å². The maximum Gasteiger partial charge on any atom is 0.263 e. The van der Waals surface area contributed by atoms with E-state index in [1.807, 2.05) is 0 Å². The average Bonchev–Trinajstić information content (AvgIpc) is 2.63. The third-order valence-electron chi connectivity index (χ3n) is 2.30. The molecule has 1 aromatic heterocycles. The normalized spacial score (nSPS) is 11.6. The van der Waals surface area contributed by atoms with Crippen LogP contribution in [-0.4, -0.2) is 8.42 Å². The molecule has 0 saturated carbocycles. The molecule has 2 rings (SSSR count). The van der Waals surface area contributed by atoms with E-state index in [-0.39, 0.29) is 10.6 Å². The van der Waals surface area contributed by atoms with E-state index >= 15 is 0 Å². The smallest absolute Gasteiger partial charge is 0.263 e. The summed E-state index contributed by atoms with van der Waals surface area (Å²) in [7, 11) is -3.81. The summed E-state index contributed by atoms with van der Waals surface area (Å²) < 4.78 is 52.9. The molecule has 0 bridgehead atoms. The van der Waals surface area contributed by atoms with E-state index in [0.29, 0.717) is 8.66 Å². The highest BCUT2D eigenvalue weighted by Gasteiger charge is 2.20. The van der Waals surface area contributed by atoms with Crippen LogP contribution in [-0.2, 0) is 10.0 Å². The van der Waals surface area contributed by atoms with Gasteiger partial charge in [0, 0.05) is 10.9 Å². The Bertz CT molecular complexity index is 728. The third-order valence-corrected chi connectivity index (χ3v) is 5.49. The Morgan fingerprint density at radius 3 is 2.42 bits per heavy atom. The van der Waals surface area contributed by atoms with Gasteiger partial charge in [0.05, 0.1) is 9.47 Å². The van der Waals surface area contributed by atoms with Crippen LogP contribution >= 0.6 is 27.3 Å². The largest absolute Gasteiger partial charge is 0.279 e. The van der Waals surface area contributed by atoms with E-state index in [9.17, 15) is 17.2 Å². The summed E-state index contributed by atoms with van der Waals surface area (Å²) in [4.78, 5) is 0.705. The Kier molecular flexibility index (Phi) is 3.93. The maximum atomic E-state index is 13.0. The van der Waals surface area contributed by atoms with Crippen molar-refractivity contribution in [2.24, 2.45) is 0 Å². The molecule has 3 nitrogen and oxygen atoms in total. The highest BCUT2D eigenvalue weighted by atomic mass is 79.9. The minimum atomic E-state index is -3.81. The fraction of sp³-hybridized carbons (Fsp3) is 0.0909. The van der Waals surface area contributed by atoms with Crippen LogP contribution in [0.3, 0.4) is 0 Å². The van der Waals surface area contributed by atoms with Crippen LogP contribution in [0.25, 0.3) is 0 Å². The molecule has 0 saturated heterocycles. The second-order valence-corrected chi connectivity index (χ2v) is 7.99. The number of nitrogens with one attached hydrogen (secondary N) is 1. The van der Waals surface area contributed by atoms with E-state index in [2.05, 4.69) is 20.7 Å². The number of sulfonamides is 1.